The second kappa shape index (κ2) is 7.23. The van der Waals surface area contributed by atoms with Gasteiger partial charge in [0.05, 0.1) is 13.7 Å². The Morgan fingerprint density at radius 3 is 2.70 bits per heavy atom. The molecule has 110 valence electrons. The fourth-order valence-corrected chi connectivity index (χ4v) is 2.18. The number of benzene rings is 1. The number of carbonyl (C=O) groups excluding carboxylic acids is 1. The number of hydrogen-bond acceptors (Lipinski definition) is 5. The fourth-order valence-electron chi connectivity index (χ4n) is 2.18. The molecule has 1 fully saturated rings. The molecule has 0 aromatic heterocycles. The molecule has 0 bridgehead atoms. The van der Waals surface area contributed by atoms with E-state index in [0.29, 0.717) is 19.6 Å². The Bertz CT molecular complexity index is 436. The summed E-state index contributed by atoms with van der Waals surface area (Å²) in [6.45, 7) is 1.05. The van der Waals surface area contributed by atoms with Gasteiger partial charge in [-0.05, 0) is 24.1 Å². The van der Waals surface area contributed by atoms with Crippen LogP contribution in [0.5, 0.6) is 5.75 Å². The molecule has 2 atom stereocenters. The van der Waals surface area contributed by atoms with Crippen LogP contribution in [0, 0.1) is 0 Å². The van der Waals surface area contributed by atoms with Crippen molar-refractivity contribution in [2.75, 3.05) is 27.4 Å². The summed E-state index contributed by atoms with van der Waals surface area (Å²) < 4.78 is 10.0. The lowest BCUT2D eigenvalue weighted by atomic mass is 10.0. The zero-order chi connectivity index (χ0) is 14.4. The van der Waals surface area contributed by atoms with Crippen LogP contribution in [0.2, 0.25) is 0 Å². The van der Waals surface area contributed by atoms with Gasteiger partial charge in [-0.2, -0.15) is 0 Å². The van der Waals surface area contributed by atoms with Crippen LogP contribution in [0.3, 0.4) is 0 Å². The van der Waals surface area contributed by atoms with Gasteiger partial charge in [-0.15, -0.1) is 0 Å². The number of rotatable bonds is 6. The molecule has 0 aliphatic carbocycles. The van der Waals surface area contributed by atoms with E-state index in [4.69, 9.17) is 9.47 Å². The largest absolute Gasteiger partial charge is 0.497 e. The Hall–Kier alpha value is -1.63. The molecular formula is C14H21N3O3. The van der Waals surface area contributed by atoms with Crippen LogP contribution in [0.4, 0.5) is 0 Å². The first-order valence-corrected chi connectivity index (χ1v) is 6.66. The third-order valence-electron chi connectivity index (χ3n) is 3.34. The lowest BCUT2D eigenvalue weighted by Crippen LogP contribution is -2.44. The zero-order valence-electron chi connectivity index (χ0n) is 11.8. The highest BCUT2D eigenvalue weighted by atomic mass is 16.5. The number of carbonyl (C=O) groups is 1. The summed E-state index contributed by atoms with van der Waals surface area (Å²) in [5, 5.41) is 2.83. The maximum absolute atomic E-state index is 11.9. The standard InChI is InChI=1S/C14H21N3O3/c1-19-8-7-15-14(18)13-9-12(16-17-13)10-3-5-11(20-2)6-4-10/h3-6,12-13,16-17H,7-9H2,1-2H3,(H,15,18). The molecule has 1 amide bonds. The molecular weight excluding hydrogens is 258 g/mol. The van der Waals surface area contributed by atoms with E-state index in [1.165, 1.54) is 0 Å². The van der Waals surface area contributed by atoms with E-state index in [0.717, 1.165) is 11.3 Å². The van der Waals surface area contributed by atoms with E-state index in [-0.39, 0.29) is 18.0 Å². The minimum atomic E-state index is -0.223. The van der Waals surface area contributed by atoms with Crippen LogP contribution in [-0.2, 0) is 9.53 Å². The average molecular weight is 279 g/mol. The Labute approximate surface area is 118 Å². The lowest BCUT2D eigenvalue weighted by Gasteiger charge is -2.11. The number of hydrogen-bond donors (Lipinski definition) is 3. The van der Waals surface area contributed by atoms with Crippen molar-refractivity contribution in [1.82, 2.24) is 16.2 Å². The van der Waals surface area contributed by atoms with E-state index in [1.54, 1.807) is 14.2 Å². The predicted octanol–water partition coefficient (Wildman–Crippen LogP) is 0.365. The van der Waals surface area contributed by atoms with Crippen molar-refractivity contribution in [2.24, 2.45) is 0 Å². The van der Waals surface area contributed by atoms with Crippen molar-refractivity contribution < 1.29 is 14.3 Å². The van der Waals surface area contributed by atoms with Crippen molar-refractivity contribution >= 4 is 5.91 Å². The van der Waals surface area contributed by atoms with Gasteiger partial charge in [0, 0.05) is 19.7 Å². The third kappa shape index (κ3) is 3.69. The van der Waals surface area contributed by atoms with Crippen LogP contribution in [0.15, 0.2) is 24.3 Å². The highest BCUT2D eigenvalue weighted by molar-refractivity contribution is 5.82. The van der Waals surface area contributed by atoms with Crippen molar-refractivity contribution in [3.63, 3.8) is 0 Å². The molecule has 2 unspecified atom stereocenters. The summed E-state index contributed by atoms with van der Waals surface area (Å²) in [6.07, 6.45) is 0.713. The highest BCUT2D eigenvalue weighted by Crippen LogP contribution is 2.24. The summed E-state index contributed by atoms with van der Waals surface area (Å²) in [6, 6.07) is 7.75. The molecule has 0 saturated carbocycles. The van der Waals surface area contributed by atoms with Crippen molar-refractivity contribution in [2.45, 2.75) is 18.5 Å². The van der Waals surface area contributed by atoms with Gasteiger partial charge in [0.2, 0.25) is 5.91 Å². The summed E-state index contributed by atoms with van der Waals surface area (Å²) in [7, 11) is 3.26. The van der Waals surface area contributed by atoms with Crippen molar-refractivity contribution in [1.29, 1.82) is 0 Å². The molecule has 1 aromatic rings. The molecule has 0 spiro atoms. The van der Waals surface area contributed by atoms with Gasteiger partial charge in [-0.3, -0.25) is 4.79 Å². The van der Waals surface area contributed by atoms with Gasteiger partial charge in [0.1, 0.15) is 11.8 Å². The molecule has 6 heteroatoms. The van der Waals surface area contributed by atoms with Gasteiger partial charge in [-0.25, -0.2) is 10.9 Å². The van der Waals surface area contributed by atoms with E-state index < -0.39 is 0 Å². The van der Waals surface area contributed by atoms with Gasteiger partial charge in [0.15, 0.2) is 0 Å². The highest BCUT2D eigenvalue weighted by Gasteiger charge is 2.29. The molecule has 1 aliphatic rings. The summed E-state index contributed by atoms with van der Waals surface area (Å²) in [4.78, 5) is 11.9. The van der Waals surface area contributed by atoms with Crippen molar-refractivity contribution in [3.05, 3.63) is 29.8 Å². The van der Waals surface area contributed by atoms with E-state index in [1.807, 2.05) is 24.3 Å². The monoisotopic (exact) mass is 279 g/mol. The third-order valence-corrected chi connectivity index (χ3v) is 3.34. The average Bonchev–Trinajstić information content (AvgIpc) is 2.97. The van der Waals surface area contributed by atoms with Crippen LogP contribution < -0.4 is 20.9 Å². The summed E-state index contributed by atoms with van der Waals surface area (Å²) in [5.41, 5.74) is 7.31. The number of ether oxygens (including phenoxy) is 2. The molecule has 1 heterocycles. The maximum atomic E-state index is 11.9. The first-order chi connectivity index (χ1) is 9.74. The maximum Gasteiger partial charge on any atom is 0.238 e. The first kappa shape index (κ1) is 14.8. The molecule has 1 saturated heterocycles. The van der Waals surface area contributed by atoms with Crippen LogP contribution >= 0.6 is 0 Å². The Kier molecular flexibility index (Phi) is 5.34. The van der Waals surface area contributed by atoms with E-state index in [2.05, 4.69) is 16.2 Å². The number of amides is 1. The van der Waals surface area contributed by atoms with Crippen LogP contribution in [0.25, 0.3) is 0 Å². The molecule has 2 rings (SSSR count). The van der Waals surface area contributed by atoms with Gasteiger partial charge >= 0.3 is 0 Å². The Morgan fingerprint density at radius 1 is 1.30 bits per heavy atom. The number of methoxy groups -OCH3 is 2. The van der Waals surface area contributed by atoms with E-state index >= 15 is 0 Å². The minimum Gasteiger partial charge on any atom is -0.497 e. The van der Waals surface area contributed by atoms with Crippen molar-refractivity contribution in [3.8, 4) is 5.75 Å². The normalized spacial score (nSPS) is 21.7. The van der Waals surface area contributed by atoms with Gasteiger partial charge in [0.25, 0.3) is 0 Å². The first-order valence-electron chi connectivity index (χ1n) is 6.66. The molecule has 20 heavy (non-hydrogen) atoms. The molecule has 3 N–H and O–H groups in total. The second-order valence-corrected chi connectivity index (χ2v) is 4.69. The zero-order valence-corrected chi connectivity index (χ0v) is 11.8. The van der Waals surface area contributed by atoms with Crippen LogP contribution in [0.1, 0.15) is 18.0 Å². The van der Waals surface area contributed by atoms with E-state index in [9.17, 15) is 4.79 Å². The summed E-state index contributed by atoms with van der Waals surface area (Å²) in [5.74, 6) is 0.819. The Morgan fingerprint density at radius 2 is 2.05 bits per heavy atom. The minimum absolute atomic E-state index is 0.00874. The molecule has 1 aromatic carbocycles. The predicted molar refractivity (Wildman–Crippen MR) is 75.3 cm³/mol. The second-order valence-electron chi connectivity index (χ2n) is 4.69. The topological polar surface area (TPSA) is 71.6 Å². The summed E-state index contributed by atoms with van der Waals surface area (Å²) >= 11 is 0. The number of nitrogens with one attached hydrogen (secondary N) is 3. The molecule has 1 aliphatic heterocycles. The SMILES string of the molecule is COCCNC(=O)C1CC(c2ccc(OC)cc2)NN1. The quantitative estimate of drug-likeness (QED) is 0.656. The Balaban J connectivity index is 1.86. The lowest BCUT2D eigenvalue weighted by molar-refractivity contribution is -0.123. The van der Waals surface area contributed by atoms with Gasteiger partial charge < -0.3 is 14.8 Å². The van der Waals surface area contributed by atoms with Crippen LogP contribution in [-0.4, -0.2) is 39.3 Å². The smallest absolute Gasteiger partial charge is 0.238 e. The van der Waals surface area contributed by atoms with Gasteiger partial charge in [-0.1, -0.05) is 12.1 Å². The molecule has 6 nitrogen and oxygen atoms in total. The molecule has 0 radical (unpaired) electrons. The fraction of sp³-hybridized carbons (Fsp3) is 0.500. The number of hydrazine groups is 1.